The van der Waals surface area contributed by atoms with Crippen LogP contribution in [0, 0.1) is 0 Å². The number of hydrogen-bond donors (Lipinski definition) is 4. The number of aliphatic hydroxyl groups is 2. The van der Waals surface area contributed by atoms with Crippen molar-refractivity contribution in [1.29, 1.82) is 0 Å². The monoisotopic (exact) mass is 146 g/mol. The van der Waals surface area contributed by atoms with Gasteiger partial charge in [0.05, 0.1) is 12.2 Å². The second-order valence-electron chi connectivity index (χ2n) is 2.95. The number of rotatable bonds is 0. The summed E-state index contributed by atoms with van der Waals surface area (Å²) in [5.41, 5.74) is 11.0. The van der Waals surface area contributed by atoms with Crippen LogP contribution in [0.15, 0.2) is 0 Å². The van der Waals surface area contributed by atoms with Gasteiger partial charge < -0.3 is 21.7 Å². The SMILES string of the molecule is N[C@H]1C[C@@H](N)[C@H](O)[C@@H](O)C1. The molecule has 6 N–H and O–H groups in total. The highest BCUT2D eigenvalue weighted by Gasteiger charge is 2.31. The minimum Gasteiger partial charge on any atom is -0.390 e. The van der Waals surface area contributed by atoms with Gasteiger partial charge in [0, 0.05) is 12.1 Å². The largest absolute Gasteiger partial charge is 0.390 e. The Kier molecular flexibility index (Phi) is 2.25. The van der Waals surface area contributed by atoms with Crippen LogP contribution in [0.2, 0.25) is 0 Å². The topological polar surface area (TPSA) is 92.5 Å². The van der Waals surface area contributed by atoms with Crippen LogP contribution in [0.1, 0.15) is 12.8 Å². The van der Waals surface area contributed by atoms with E-state index in [0.29, 0.717) is 12.8 Å². The van der Waals surface area contributed by atoms with Gasteiger partial charge in [-0.15, -0.1) is 0 Å². The Morgan fingerprint density at radius 3 is 2.20 bits per heavy atom. The molecule has 0 aromatic carbocycles. The summed E-state index contributed by atoms with van der Waals surface area (Å²) in [7, 11) is 0. The lowest BCUT2D eigenvalue weighted by Gasteiger charge is -2.32. The minimum atomic E-state index is -0.792. The summed E-state index contributed by atoms with van der Waals surface area (Å²) in [4.78, 5) is 0. The third kappa shape index (κ3) is 1.46. The maximum atomic E-state index is 9.13. The fraction of sp³-hybridized carbons (Fsp3) is 1.00. The number of hydrogen-bond acceptors (Lipinski definition) is 4. The Labute approximate surface area is 59.8 Å². The van der Waals surface area contributed by atoms with Gasteiger partial charge >= 0.3 is 0 Å². The van der Waals surface area contributed by atoms with E-state index in [2.05, 4.69) is 0 Å². The first-order chi connectivity index (χ1) is 4.61. The van der Waals surface area contributed by atoms with E-state index in [4.69, 9.17) is 21.7 Å². The minimum absolute atomic E-state index is 0.0617. The molecular formula is C6H14N2O2. The van der Waals surface area contributed by atoms with Crippen molar-refractivity contribution in [3.8, 4) is 0 Å². The first-order valence-electron chi connectivity index (χ1n) is 3.48. The zero-order chi connectivity index (χ0) is 7.72. The molecule has 0 radical (unpaired) electrons. The molecule has 4 atom stereocenters. The average molecular weight is 146 g/mol. The molecule has 0 heterocycles. The molecule has 1 aliphatic rings. The quantitative estimate of drug-likeness (QED) is 0.323. The van der Waals surface area contributed by atoms with Crippen LogP contribution in [0.4, 0.5) is 0 Å². The van der Waals surface area contributed by atoms with Gasteiger partial charge in [-0.1, -0.05) is 0 Å². The molecule has 0 amide bonds. The molecule has 10 heavy (non-hydrogen) atoms. The zero-order valence-corrected chi connectivity index (χ0v) is 5.77. The van der Waals surface area contributed by atoms with E-state index in [1.165, 1.54) is 0 Å². The van der Waals surface area contributed by atoms with Gasteiger partial charge in [0.2, 0.25) is 0 Å². The van der Waals surface area contributed by atoms with E-state index in [9.17, 15) is 0 Å². The molecule has 0 saturated heterocycles. The summed E-state index contributed by atoms with van der Waals surface area (Å²) < 4.78 is 0. The van der Waals surface area contributed by atoms with Crippen molar-refractivity contribution in [2.75, 3.05) is 0 Å². The highest BCUT2D eigenvalue weighted by molar-refractivity contribution is 4.89. The highest BCUT2D eigenvalue weighted by atomic mass is 16.3. The van der Waals surface area contributed by atoms with E-state index < -0.39 is 12.2 Å². The number of nitrogens with two attached hydrogens (primary N) is 2. The Hall–Kier alpha value is -0.160. The second-order valence-corrected chi connectivity index (χ2v) is 2.95. The first-order valence-corrected chi connectivity index (χ1v) is 3.48. The predicted octanol–water partition coefficient (Wildman–Crippen LogP) is -1.84. The molecule has 0 aliphatic heterocycles. The van der Waals surface area contributed by atoms with Crippen LogP contribution in [-0.4, -0.2) is 34.5 Å². The molecular weight excluding hydrogens is 132 g/mol. The molecule has 60 valence electrons. The summed E-state index contributed by atoms with van der Waals surface area (Å²) in [5.74, 6) is 0. The maximum Gasteiger partial charge on any atom is 0.0950 e. The third-order valence-electron chi connectivity index (χ3n) is 1.95. The Bertz CT molecular complexity index is 108. The van der Waals surface area contributed by atoms with E-state index in [1.54, 1.807) is 0 Å². The molecule has 1 saturated carbocycles. The second kappa shape index (κ2) is 2.84. The smallest absolute Gasteiger partial charge is 0.0950 e. The van der Waals surface area contributed by atoms with Crippen molar-refractivity contribution in [3.63, 3.8) is 0 Å². The Morgan fingerprint density at radius 2 is 1.70 bits per heavy atom. The van der Waals surface area contributed by atoms with Crippen LogP contribution in [0.3, 0.4) is 0 Å². The van der Waals surface area contributed by atoms with Crippen LogP contribution in [0.5, 0.6) is 0 Å². The lowest BCUT2D eigenvalue weighted by molar-refractivity contribution is -0.0259. The van der Waals surface area contributed by atoms with Crippen molar-refractivity contribution in [2.45, 2.75) is 37.1 Å². The van der Waals surface area contributed by atoms with Gasteiger partial charge in [0.1, 0.15) is 0 Å². The molecule has 0 spiro atoms. The number of aliphatic hydroxyl groups excluding tert-OH is 2. The van der Waals surface area contributed by atoms with Crippen LogP contribution in [0.25, 0.3) is 0 Å². The molecule has 0 aromatic heterocycles. The average Bonchev–Trinajstić information content (AvgIpc) is 1.82. The van der Waals surface area contributed by atoms with Crippen LogP contribution >= 0.6 is 0 Å². The van der Waals surface area contributed by atoms with Gasteiger partial charge in [0.25, 0.3) is 0 Å². The predicted molar refractivity (Wildman–Crippen MR) is 37.2 cm³/mol. The van der Waals surface area contributed by atoms with Gasteiger partial charge in [-0.05, 0) is 12.8 Å². The summed E-state index contributed by atoms with van der Waals surface area (Å²) in [6, 6.07) is -0.424. The molecule has 1 rings (SSSR count). The van der Waals surface area contributed by atoms with E-state index in [-0.39, 0.29) is 12.1 Å². The lowest BCUT2D eigenvalue weighted by atomic mass is 9.87. The van der Waals surface area contributed by atoms with E-state index in [0.717, 1.165) is 0 Å². The maximum absolute atomic E-state index is 9.13. The zero-order valence-electron chi connectivity index (χ0n) is 5.77. The molecule has 0 bridgehead atoms. The van der Waals surface area contributed by atoms with Crippen LogP contribution < -0.4 is 11.5 Å². The standard InChI is InChI=1S/C6H14N2O2/c7-3-1-4(8)6(10)5(9)2-3/h3-6,9-10H,1-2,7-8H2/t3-,4+,5-,6-/m0/s1. The van der Waals surface area contributed by atoms with Crippen molar-refractivity contribution >= 4 is 0 Å². The van der Waals surface area contributed by atoms with E-state index >= 15 is 0 Å². The van der Waals surface area contributed by atoms with Gasteiger partial charge in [-0.3, -0.25) is 0 Å². The fourth-order valence-electron chi connectivity index (χ4n) is 1.32. The lowest BCUT2D eigenvalue weighted by Crippen LogP contribution is -2.52. The normalized spacial score (nSPS) is 49.2. The molecule has 4 nitrogen and oxygen atoms in total. The summed E-state index contributed by atoms with van der Waals surface area (Å²) in [6.45, 7) is 0. The molecule has 0 unspecified atom stereocenters. The first kappa shape index (κ1) is 7.94. The summed E-state index contributed by atoms with van der Waals surface area (Å²) in [6.07, 6.45) is -0.480. The molecule has 1 aliphatic carbocycles. The Balaban J connectivity index is 2.49. The molecule has 0 aromatic rings. The highest BCUT2D eigenvalue weighted by Crippen LogP contribution is 2.16. The third-order valence-corrected chi connectivity index (χ3v) is 1.95. The summed E-state index contributed by atoms with van der Waals surface area (Å²) >= 11 is 0. The summed E-state index contributed by atoms with van der Waals surface area (Å²) in [5, 5.41) is 18.2. The van der Waals surface area contributed by atoms with Crippen molar-refractivity contribution < 1.29 is 10.2 Å². The fourth-order valence-corrected chi connectivity index (χ4v) is 1.32. The van der Waals surface area contributed by atoms with Crippen LogP contribution in [-0.2, 0) is 0 Å². The van der Waals surface area contributed by atoms with Gasteiger partial charge in [-0.2, -0.15) is 0 Å². The Morgan fingerprint density at radius 1 is 1.10 bits per heavy atom. The molecule has 4 heteroatoms. The van der Waals surface area contributed by atoms with Crippen molar-refractivity contribution in [2.24, 2.45) is 11.5 Å². The molecule has 1 fully saturated rings. The van der Waals surface area contributed by atoms with Gasteiger partial charge in [-0.25, -0.2) is 0 Å². The van der Waals surface area contributed by atoms with Crippen molar-refractivity contribution in [1.82, 2.24) is 0 Å². The van der Waals surface area contributed by atoms with Crippen molar-refractivity contribution in [3.05, 3.63) is 0 Å². The van der Waals surface area contributed by atoms with E-state index in [1.807, 2.05) is 0 Å². The van der Waals surface area contributed by atoms with Gasteiger partial charge in [0.15, 0.2) is 0 Å².